The molecule has 1 heterocycles. The highest BCUT2D eigenvalue weighted by molar-refractivity contribution is 5.73. The Morgan fingerprint density at radius 2 is 1.83 bits per heavy atom. The van der Waals surface area contributed by atoms with E-state index in [4.69, 9.17) is 0 Å². The highest BCUT2D eigenvalue weighted by Gasteiger charge is 2.39. The summed E-state index contributed by atoms with van der Waals surface area (Å²) in [4.78, 5) is 13.8. The van der Waals surface area contributed by atoms with Crippen LogP contribution in [0.1, 0.15) is 58.8 Å². The van der Waals surface area contributed by atoms with Crippen LogP contribution in [0.4, 0.5) is 0 Å². The molecule has 2 aliphatic rings. The maximum absolute atomic E-state index is 11.4. The van der Waals surface area contributed by atoms with Crippen molar-refractivity contribution in [1.29, 1.82) is 0 Å². The molecule has 0 aromatic rings. The molecule has 3 heteroatoms. The van der Waals surface area contributed by atoms with Gasteiger partial charge in [0.25, 0.3) is 0 Å². The SMILES string of the molecule is CC(C)C1CC(N2CCCCCCC2C(=O)O)C1. The zero-order valence-corrected chi connectivity index (χ0v) is 11.8. The first-order valence-corrected chi connectivity index (χ1v) is 7.58. The van der Waals surface area contributed by atoms with E-state index in [0.717, 1.165) is 31.2 Å². The molecule has 1 aliphatic heterocycles. The van der Waals surface area contributed by atoms with E-state index in [-0.39, 0.29) is 6.04 Å². The van der Waals surface area contributed by atoms with Crippen molar-refractivity contribution in [1.82, 2.24) is 4.90 Å². The molecule has 1 aliphatic carbocycles. The molecule has 18 heavy (non-hydrogen) atoms. The number of hydrogen-bond donors (Lipinski definition) is 1. The van der Waals surface area contributed by atoms with Gasteiger partial charge in [0.15, 0.2) is 0 Å². The van der Waals surface area contributed by atoms with Crippen molar-refractivity contribution < 1.29 is 9.90 Å². The predicted octanol–water partition coefficient (Wildman–Crippen LogP) is 3.14. The van der Waals surface area contributed by atoms with E-state index in [1.54, 1.807) is 0 Å². The molecule has 2 fully saturated rings. The zero-order valence-electron chi connectivity index (χ0n) is 11.8. The van der Waals surface area contributed by atoms with E-state index >= 15 is 0 Å². The molecule has 1 unspecified atom stereocenters. The minimum Gasteiger partial charge on any atom is -0.480 e. The first-order chi connectivity index (χ1) is 8.59. The van der Waals surface area contributed by atoms with E-state index in [2.05, 4.69) is 18.7 Å². The minimum absolute atomic E-state index is 0.219. The predicted molar refractivity (Wildman–Crippen MR) is 72.6 cm³/mol. The largest absolute Gasteiger partial charge is 0.480 e. The number of likely N-dealkylation sites (tertiary alicyclic amines) is 1. The number of carboxylic acid groups (broad SMARTS) is 1. The number of hydrogen-bond acceptors (Lipinski definition) is 2. The molecule has 0 aromatic heterocycles. The van der Waals surface area contributed by atoms with E-state index < -0.39 is 5.97 Å². The van der Waals surface area contributed by atoms with Gasteiger partial charge in [0.05, 0.1) is 0 Å². The molecule has 1 atom stereocenters. The lowest BCUT2D eigenvalue weighted by Gasteiger charge is -2.47. The van der Waals surface area contributed by atoms with Crippen LogP contribution in [0.3, 0.4) is 0 Å². The summed E-state index contributed by atoms with van der Waals surface area (Å²) in [6.45, 7) is 5.55. The second-order valence-electron chi connectivity index (χ2n) is 6.42. The van der Waals surface area contributed by atoms with Crippen molar-refractivity contribution in [3.05, 3.63) is 0 Å². The molecule has 0 spiro atoms. The highest BCUT2D eigenvalue weighted by Crippen LogP contribution is 2.38. The Labute approximate surface area is 111 Å². The van der Waals surface area contributed by atoms with Crippen LogP contribution in [0, 0.1) is 11.8 Å². The van der Waals surface area contributed by atoms with Crippen LogP contribution in [-0.2, 0) is 4.79 Å². The molecule has 0 radical (unpaired) electrons. The molecule has 0 aromatic carbocycles. The second kappa shape index (κ2) is 6.05. The lowest BCUT2D eigenvalue weighted by molar-refractivity contribution is -0.146. The van der Waals surface area contributed by atoms with Gasteiger partial charge in [-0.3, -0.25) is 9.69 Å². The summed E-state index contributed by atoms with van der Waals surface area (Å²) in [5.74, 6) is 0.957. The fourth-order valence-corrected chi connectivity index (χ4v) is 3.45. The lowest BCUT2D eigenvalue weighted by Crippen LogP contribution is -2.54. The summed E-state index contributed by atoms with van der Waals surface area (Å²) in [6.07, 6.45) is 7.99. The van der Waals surface area contributed by atoms with Gasteiger partial charge in [0.1, 0.15) is 6.04 Å². The number of aliphatic carboxylic acids is 1. The Morgan fingerprint density at radius 3 is 2.44 bits per heavy atom. The first kappa shape index (κ1) is 13.9. The summed E-state index contributed by atoms with van der Waals surface area (Å²) in [5, 5.41) is 9.43. The standard InChI is InChI=1S/C15H27NO2/c1-11(2)12-9-13(10-12)16-8-6-4-3-5-7-14(16)15(17)18/h11-14H,3-10H2,1-2H3,(H,17,18). The summed E-state index contributed by atoms with van der Waals surface area (Å²) in [5.41, 5.74) is 0. The van der Waals surface area contributed by atoms with Crippen molar-refractivity contribution in [3.63, 3.8) is 0 Å². The second-order valence-corrected chi connectivity index (χ2v) is 6.42. The quantitative estimate of drug-likeness (QED) is 0.840. The van der Waals surface area contributed by atoms with Gasteiger partial charge in [0.2, 0.25) is 0 Å². The normalized spacial score (nSPS) is 34.7. The van der Waals surface area contributed by atoms with Crippen LogP contribution in [0.25, 0.3) is 0 Å². The summed E-state index contributed by atoms with van der Waals surface area (Å²) in [7, 11) is 0. The smallest absolute Gasteiger partial charge is 0.320 e. The third-order valence-electron chi connectivity index (χ3n) is 4.89. The zero-order chi connectivity index (χ0) is 13.1. The Morgan fingerprint density at radius 1 is 1.17 bits per heavy atom. The molecular formula is C15H27NO2. The average Bonchev–Trinajstić information content (AvgIpc) is 2.17. The topological polar surface area (TPSA) is 40.5 Å². The van der Waals surface area contributed by atoms with Gasteiger partial charge in [-0.25, -0.2) is 0 Å². The van der Waals surface area contributed by atoms with E-state index in [1.165, 1.54) is 32.1 Å². The molecule has 1 saturated heterocycles. The Bertz CT molecular complexity index is 284. The Hall–Kier alpha value is -0.570. The molecular weight excluding hydrogens is 226 g/mol. The fraction of sp³-hybridized carbons (Fsp3) is 0.933. The van der Waals surface area contributed by atoms with Crippen LogP contribution in [0.15, 0.2) is 0 Å². The van der Waals surface area contributed by atoms with E-state index in [1.807, 2.05) is 0 Å². The Balaban J connectivity index is 1.96. The first-order valence-electron chi connectivity index (χ1n) is 7.58. The molecule has 0 amide bonds. The summed E-state index contributed by atoms with van der Waals surface area (Å²) < 4.78 is 0. The van der Waals surface area contributed by atoms with Gasteiger partial charge in [-0.15, -0.1) is 0 Å². The van der Waals surface area contributed by atoms with Crippen molar-refractivity contribution in [2.45, 2.75) is 70.9 Å². The van der Waals surface area contributed by atoms with Gasteiger partial charge >= 0.3 is 5.97 Å². The minimum atomic E-state index is -0.607. The van der Waals surface area contributed by atoms with Crippen molar-refractivity contribution in [2.75, 3.05) is 6.54 Å². The summed E-state index contributed by atoms with van der Waals surface area (Å²) >= 11 is 0. The van der Waals surface area contributed by atoms with Crippen LogP contribution >= 0.6 is 0 Å². The highest BCUT2D eigenvalue weighted by atomic mass is 16.4. The number of carbonyl (C=O) groups is 1. The number of carboxylic acids is 1. The summed E-state index contributed by atoms with van der Waals surface area (Å²) in [6, 6.07) is 0.319. The number of rotatable bonds is 3. The monoisotopic (exact) mass is 253 g/mol. The third kappa shape index (κ3) is 3.05. The average molecular weight is 253 g/mol. The molecule has 1 N–H and O–H groups in total. The van der Waals surface area contributed by atoms with Crippen LogP contribution in [0.5, 0.6) is 0 Å². The Kier molecular flexibility index (Phi) is 4.66. The van der Waals surface area contributed by atoms with Crippen LogP contribution < -0.4 is 0 Å². The molecule has 0 bridgehead atoms. The number of nitrogens with zero attached hydrogens (tertiary/aromatic N) is 1. The van der Waals surface area contributed by atoms with Gasteiger partial charge in [0, 0.05) is 6.04 Å². The molecule has 104 valence electrons. The van der Waals surface area contributed by atoms with Crippen molar-refractivity contribution in [2.24, 2.45) is 11.8 Å². The van der Waals surface area contributed by atoms with Gasteiger partial charge in [-0.1, -0.05) is 33.1 Å². The molecule has 1 saturated carbocycles. The fourth-order valence-electron chi connectivity index (χ4n) is 3.45. The van der Waals surface area contributed by atoms with E-state index in [0.29, 0.717) is 6.04 Å². The maximum Gasteiger partial charge on any atom is 0.320 e. The van der Waals surface area contributed by atoms with Gasteiger partial charge < -0.3 is 5.11 Å². The van der Waals surface area contributed by atoms with Crippen LogP contribution in [0.2, 0.25) is 0 Å². The van der Waals surface area contributed by atoms with Crippen molar-refractivity contribution >= 4 is 5.97 Å². The lowest BCUT2D eigenvalue weighted by atomic mass is 9.72. The van der Waals surface area contributed by atoms with Gasteiger partial charge in [-0.05, 0) is 44.1 Å². The molecule has 3 nitrogen and oxygen atoms in total. The van der Waals surface area contributed by atoms with Crippen molar-refractivity contribution in [3.8, 4) is 0 Å². The van der Waals surface area contributed by atoms with Gasteiger partial charge in [-0.2, -0.15) is 0 Å². The third-order valence-corrected chi connectivity index (χ3v) is 4.89. The van der Waals surface area contributed by atoms with E-state index in [9.17, 15) is 9.90 Å². The van der Waals surface area contributed by atoms with Crippen LogP contribution in [-0.4, -0.2) is 34.6 Å². The molecule has 2 rings (SSSR count). The maximum atomic E-state index is 11.4.